The number of nitrogens with two attached hydrogens (primary N) is 1. The average Bonchev–Trinajstić information content (AvgIpc) is 3.01. The molecular weight excluding hydrogens is 268 g/mol. The summed E-state index contributed by atoms with van der Waals surface area (Å²) in [5.74, 6) is 0.759. The molecule has 2 fully saturated rings. The number of hydrogen-bond donors (Lipinski definition) is 1. The van der Waals surface area contributed by atoms with Crippen LogP contribution >= 0.6 is 0 Å². The van der Waals surface area contributed by atoms with Crippen molar-refractivity contribution in [2.24, 2.45) is 5.73 Å². The summed E-state index contributed by atoms with van der Waals surface area (Å²) in [5.41, 5.74) is 6.61. The molecule has 0 bridgehead atoms. The van der Waals surface area contributed by atoms with Crippen molar-refractivity contribution in [3.8, 4) is 5.75 Å². The van der Waals surface area contributed by atoms with Gasteiger partial charge in [0.05, 0.1) is 18.8 Å². The van der Waals surface area contributed by atoms with Crippen LogP contribution in [0.1, 0.15) is 24.8 Å². The Morgan fingerprint density at radius 3 is 2.90 bits per heavy atom. The number of amides is 1. The molecule has 2 unspecified atom stereocenters. The van der Waals surface area contributed by atoms with Gasteiger partial charge in [0.25, 0.3) is 5.91 Å². The molecule has 1 heterocycles. The Kier molecular flexibility index (Phi) is 4.41. The lowest BCUT2D eigenvalue weighted by Gasteiger charge is -2.37. The van der Waals surface area contributed by atoms with E-state index in [1.54, 1.807) is 0 Å². The van der Waals surface area contributed by atoms with Crippen molar-refractivity contribution in [3.05, 3.63) is 29.8 Å². The molecule has 0 radical (unpaired) electrons. The van der Waals surface area contributed by atoms with E-state index in [9.17, 15) is 4.79 Å². The predicted molar refractivity (Wildman–Crippen MR) is 78.9 cm³/mol. The van der Waals surface area contributed by atoms with E-state index in [0.29, 0.717) is 25.4 Å². The number of nitrogens with zero attached hydrogens (tertiary/aromatic N) is 1. The van der Waals surface area contributed by atoms with E-state index in [-0.39, 0.29) is 24.7 Å². The zero-order chi connectivity index (χ0) is 14.7. The van der Waals surface area contributed by atoms with Crippen LogP contribution in [-0.2, 0) is 16.1 Å². The highest BCUT2D eigenvalue weighted by Crippen LogP contribution is 2.29. The van der Waals surface area contributed by atoms with E-state index in [1.165, 1.54) is 0 Å². The molecule has 1 saturated carbocycles. The summed E-state index contributed by atoms with van der Waals surface area (Å²) < 4.78 is 11.3. The van der Waals surface area contributed by atoms with E-state index in [2.05, 4.69) is 0 Å². The van der Waals surface area contributed by atoms with Gasteiger partial charge in [-0.05, 0) is 37.0 Å². The Morgan fingerprint density at radius 2 is 2.14 bits per heavy atom. The van der Waals surface area contributed by atoms with Gasteiger partial charge in [-0.25, -0.2) is 0 Å². The van der Waals surface area contributed by atoms with E-state index in [4.69, 9.17) is 15.2 Å². The summed E-state index contributed by atoms with van der Waals surface area (Å²) in [7, 11) is 0. The highest BCUT2D eigenvalue weighted by molar-refractivity contribution is 5.78. The molecule has 5 heteroatoms. The monoisotopic (exact) mass is 290 g/mol. The molecule has 114 valence electrons. The predicted octanol–water partition coefficient (Wildman–Crippen LogP) is 1.30. The lowest BCUT2D eigenvalue weighted by molar-refractivity contribution is -0.146. The molecule has 0 spiro atoms. The SMILES string of the molecule is NCc1ccc(OCC(=O)N2CCOC3CCCC32)cc1. The van der Waals surface area contributed by atoms with Gasteiger partial charge in [0.1, 0.15) is 5.75 Å². The molecule has 2 N–H and O–H groups in total. The second kappa shape index (κ2) is 6.45. The van der Waals surface area contributed by atoms with Gasteiger partial charge in [-0.1, -0.05) is 12.1 Å². The van der Waals surface area contributed by atoms with Crippen LogP contribution in [0.15, 0.2) is 24.3 Å². The third kappa shape index (κ3) is 3.19. The highest BCUT2D eigenvalue weighted by atomic mass is 16.5. The number of carbonyl (C=O) groups is 1. The van der Waals surface area contributed by atoms with Crippen LogP contribution in [0.25, 0.3) is 0 Å². The highest BCUT2D eigenvalue weighted by Gasteiger charge is 2.38. The summed E-state index contributed by atoms with van der Waals surface area (Å²) in [5, 5.41) is 0. The van der Waals surface area contributed by atoms with Crippen molar-refractivity contribution < 1.29 is 14.3 Å². The fourth-order valence-corrected chi connectivity index (χ4v) is 3.19. The van der Waals surface area contributed by atoms with Crippen LogP contribution in [-0.4, -0.2) is 42.7 Å². The van der Waals surface area contributed by atoms with Gasteiger partial charge >= 0.3 is 0 Å². The fourth-order valence-electron chi connectivity index (χ4n) is 3.19. The maximum Gasteiger partial charge on any atom is 0.260 e. The lowest BCUT2D eigenvalue weighted by Crippen LogP contribution is -2.52. The first kappa shape index (κ1) is 14.4. The molecule has 1 amide bonds. The summed E-state index contributed by atoms with van der Waals surface area (Å²) in [6, 6.07) is 7.79. The van der Waals surface area contributed by atoms with E-state index >= 15 is 0 Å². The van der Waals surface area contributed by atoms with Gasteiger partial charge in [0.2, 0.25) is 0 Å². The van der Waals surface area contributed by atoms with Gasteiger partial charge in [-0.3, -0.25) is 4.79 Å². The first-order chi connectivity index (χ1) is 10.3. The van der Waals surface area contributed by atoms with Crippen molar-refractivity contribution in [2.45, 2.75) is 38.0 Å². The molecule has 5 nitrogen and oxygen atoms in total. The van der Waals surface area contributed by atoms with Crippen molar-refractivity contribution in [2.75, 3.05) is 19.8 Å². The minimum atomic E-state index is 0.0538. The molecule has 1 aromatic rings. The average molecular weight is 290 g/mol. The second-order valence-electron chi connectivity index (χ2n) is 5.63. The summed E-state index contributed by atoms with van der Waals surface area (Å²) >= 11 is 0. The first-order valence-corrected chi connectivity index (χ1v) is 7.61. The van der Waals surface area contributed by atoms with Gasteiger partial charge in [-0.2, -0.15) is 0 Å². The molecular formula is C16H22N2O3. The standard InChI is InChI=1S/C16H22N2O3/c17-10-12-4-6-13(7-5-12)21-11-16(19)18-8-9-20-15-3-1-2-14(15)18/h4-7,14-15H,1-3,8-11,17H2. The van der Waals surface area contributed by atoms with Gasteiger partial charge in [0, 0.05) is 13.1 Å². The molecule has 3 rings (SSSR count). The van der Waals surface area contributed by atoms with Crippen molar-refractivity contribution in [3.63, 3.8) is 0 Å². The Bertz CT molecular complexity index is 489. The Morgan fingerprint density at radius 1 is 1.33 bits per heavy atom. The number of hydrogen-bond acceptors (Lipinski definition) is 4. The smallest absolute Gasteiger partial charge is 0.260 e. The maximum atomic E-state index is 12.4. The quantitative estimate of drug-likeness (QED) is 0.908. The third-order valence-corrected chi connectivity index (χ3v) is 4.32. The first-order valence-electron chi connectivity index (χ1n) is 7.61. The van der Waals surface area contributed by atoms with Gasteiger partial charge in [0.15, 0.2) is 6.61 Å². The van der Waals surface area contributed by atoms with Crippen LogP contribution in [0.2, 0.25) is 0 Å². The summed E-state index contributed by atoms with van der Waals surface area (Å²) in [6.07, 6.45) is 3.48. The fraction of sp³-hybridized carbons (Fsp3) is 0.562. The minimum Gasteiger partial charge on any atom is -0.484 e. The number of rotatable bonds is 4. The maximum absolute atomic E-state index is 12.4. The molecule has 0 aromatic heterocycles. The molecule has 1 aliphatic heterocycles. The van der Waals surface area contributed by atoms with E-state index < -0.39 is 0 Å². The zero-order valence-corrected chi connectivity index (χ0v) is 12.2. The van der Waals surface area contributed by atoms with Crippen LogP contribution in [0.3, 0.4) is 0 Å². The van der Waals surface area contributed by atoms with E-state index in [0.717, 1.165) is 24.8 Å². The summed E-state index contributed by atoms with van der Waals surface area (Å²) in [4.78, 5) is 14.3. The Labute approximate surface area is 125 Å². The number of fused-ring (bicyclic) bond motifs is 1. The van der Waals surface area contributed by atoms with Crippen LogP contribution in [0.4, 0.5) is 0 Å². The van der Waals surface area contributed by atoms with Crippen molar-refractivity contribution in [1.29, 1.82) is 0 Å². The summed E-state index contributed by atoms with van der Waals surface area (Å²) in [6.45, 7) is 1.91. The Balaban J connectivity index is 1.55. The lowest BCUT2D eigenvalue weighted by atomic mass is 10.1. The molecule has 1 aromatic carbocycles. The van der Waals surface area contributed by atoms with Crippen molar-refractivity contribution >= 4 is 5.91 Å². The number of morpholine rings is 1. The number of benzene rings is 1. The largest absolute Gasteiger partial charge is 0.484 e. The minimum absolute atomic E-state index is 0.0538. The second-order valence-corrected chi connectivity index (χ2v) is 5.63. The Hall–Kier alpha value is -1.59. The molecule has 2 atom stereocenters. The number of carbonyl (C=O) groups excluding carboxylic acids is 1. The van der Waals surface area contributed by atoms with Crippen LogP contribution in [0, 0.1) is 0 Å². The zero-order valence-electron chi connectivity index (χ0n) is 12.2. The van der Waals surface area contributed by atoms with E-state index in [1.807, 2.05) is 29.2 Å². The van der Waals surface area contributed by atoms with Gasteiger partial charge < -0.3 is 20.1 Å². The topological polar surface area (TPSA) is 64.8 Å². The molecule has 1 aliphatic carbocycles. The number of ether oxygens (including phenoxy) is 2. The molecule has 21 heavy (non-hydrogen) atoms. The normalized spacial score (nSPS) is 24.7. The van der Waals surface area contributed by atoms with Crippen molar-refractivity contribution in [1.82, 2.24) is 4.90 Å². The van der Waals surface area contributed by atoms with Gasteiger partial charge in [-0.15, -0.1) is 0 Å². The molecule has 1 saturated heterocycles. The third-order valence-electron chi connectivity index (χ3n) is 4.32. The van der Waals surface area contributed by atoms with Crippen LogP contribution in [0.5, 0.6) is 5.75 Å². The molecule has 2 aliphatic rings. The van der Waals surface area contributed by atoms with Crippen LogP contribution < -0.4 is 10.5 Å².